The molecule has 3 aromatic rings. The molecule has 0 aliphatic rings. The lowest BCUT2D eigenvalue weighted by molar-refractivity contribution is 0.371. The number of methoxy groups -OCH3 is 1. The van der Waals surface area contributed by atoms with Crippen molar-refractivity contribution in [1.29, 1.82) is 0 Å². The summed E-state index contributed by atoms with van der Waals surface area (Å²) in [6.07, 6.45) is 1.61. The Labute approximate surface area is 179 Å². The zero-order valence-electron chi connectivity index (χ0n) is 15.9. The molecule has 3 rings (SSSR count). The molecule has 0 radical (unpaired) electrons. The van der Waals surface area contributed by atoms with Gasteiger partial charge in [-0.25, -0.2) is 4.79 Å². The van der Waals surface area contributed by atoms with Crippen LogP contribution in [0.3, 0.4) is 0 Å². The van der Waals surface area contributed by atoms with E-state index in [9.17, 15) is 14.7 Å². The second-order valence-electron chi connectivity index (χ2n) is 6.10. The van der Waals surface area contributed by atoms with Crippen molar-refractivity contribution in [3.8, 4) is 23.1 Å². The number of nitrogens with zero attached hydrogens (tertiary/aromatic N) is 3. The molecule has 1 aromatic heterocycles. The lowest BCUT2D eigenvalue weighted by atomic mass is 10.2. The van der Waals surface area contributed by atoms with Gasteiger partial charge in [0.1, 0.15) is 5.69 Å². The largest absolute Gasteiger partial charge is 0.504 e. The van der Waals surface area contributed by atoms with Gasteiger partial charge in [-0.15, -0.1) is 0 Å². The first-order chi connectivity index (χ1) is 13.8. The molecular formula is C20H18IN3O5. The Hall–Kier alpha value is -3.08. The van der Waals surface area contributed by atoms with Crippen molar-refractivity contribution in [2.75, 3.05) is 7.11 Å². The van der Waals surface area contributed by atoms with Gasteiger partial charge in [-0.3, -0.25) is 18.9 Å². The number of aromatic nitrogens is 2. The molecule has 150 valence electrons. The van der Waals surface area contributed by atoms with Crippen LogP contribution in [0.4, 0.5) is 5.69 Å². The maximum Gasteiger partial charge on any atom is 0.333 e. The second kappa shape index (κ2) is 8.52. The van der Waals surface area contributed by atoms with Crippen LogP contribution in [0.25, 0.3) is 0 Å². The highest BCUT2D eigenvalue weighted by Crippen LogP contribution is 2.33. The fourth-order valence-corrected chi connectivity index (χ4v) is 3.17. The topological polar surface area (TPSA) is 95.0 Å². The Morgan fingerprint density at radius 2 is 1.79 bits per heavy atom. The lowest BCUT2D eigenvalue weighted by Gasteiger charge is -2.12. The number of ether oxygens (including phenoxy) is 2. The molecular weight excluding hydrogens is 489 g/mol. The Kier molecular flexibility index (Phi) is 6.06. The van der Waals surface area contributed by atoms with E-state index in [-0.39, 0.29) is 11.6 Å². The number of para-hydroxylation sites is 2. The highest BCUT2D eigenvalue weighted by Gasteiger charge is 2.11. The van der Waals surface area contributed by atoms with Crippen molar-refractivity contribution in [1.82, 2.24) is 9.13 Å². The molecule has 0 saturated heterocycles. The Balaban J connectivity index is 1.97. The number of phenols is 1. The van der Waals surface area contributed by atoms with Gasteiger partial charge in [0.15, 0.2) is 17.2 Å². The van der Waals surface area contributed by atoms with E-state index in [0.717, 1.165) is 10.1 Å². The highest BCUT2D eigenvalue weighted by molar-refractivity contribution is 14.1. The molecule has 29 heavy (non-hydrogen) atoms. The quantitative estimate of drug-likeness (QED) is 0.424. The number of phenolic OH excluding ortho intramolecular Hbond substituents is 1. The molecule has 9 heteroatoms. The summed E-state index contributed by atoms with van der Waals surface area (Å²) in [7, 11) is 4.40. The van der Waals surface area contributed by atoms with Crippen molar-refractivity contribution in [2.24, 2.45) is 19.1 Å². The fourth-order valence-electron chi connectivity index (χ4n) is 2.54. The van der Waals surface area contributed by atoms with Crippen LogP contribution in [-0.4, -0.2) is 27.6 Å². The summed E-state index contributed by atoms with van der Waals surface area (Å²) in [5.74, 6) is 0.910. The Bertz CT molecular complexity index is 1210. The molecule has 0 aliphatic heterocycles. The van der Waals surface area contributed by atoms with E-state index in [1.807, 2.05) is 22.6 Å². The number of aliphatic imine (C=N–C) groups is 1. The third kappa shape index (κ3) is 4.34. The standard InChI is InChI=1S/C20H18IN3O5/c1-23-17(25)10-18(24(2)20(23)27)29-15-7-5-4-6-14(15)22-11-12-8-13(21)19(26)16(9-12)28-3/h4-11,26H,1-3H3. The predicted octanol–water partition coefficient (Wildman–Crippen LogP) is 2.95. The second-order valence-corrected chi connectivity index (χ2v) is 7.27. The first-order valence-corrected chi connectivity index (χ1v) is 9.54. The zero-order valence-corrected chi connectivity index (χ0v) is 18.1. The number of rotatable bonds is 5. The molecule has 1 heterocycles. The molecule has 0 bridgehead atoms. The molecule has 8 nitrogen and oxygen atoms in total. The third-order valence-electron chi connectivity index (χ3n) is 4.19. The molecule has 0 unspecified atom stereocenters. The smallest absolute Gasteiger partial charge is 0.333 e. The minimum Gasteiger partial charge on any atom is -0.504 e. The summed E-state index contributed by atoms with van der Waals surface area (Å²) in [4.78, 5) is 28.5. The number of hydrogen-bond acceptors (Lipinski definition) is 6. The molecule has 0 atom stereocenters. The zero-order chi connectivity index (χ0) is 21.1. The van der Waals surface area contributed by atoms with Gasteiger partial charge >= 0.3 is 5.69 Å². The molecule has 0 amide bonds. The van der Waals surface area contributed by atoms with Gasteiger partial charge in [0.05, 0.1) is 16.7 Å². The molecule has 0 fully saturated rings. The Morgan fingerprint density at radius 3 is 2.52 bits per heavy atom. The summed E-state index contributed by atoms with van der Waals surface area (Å²) in [6, 6.07) is 11.7. The molecule has 0 aliphatic carbocycles. The molecule has 0 spiro atoms. The van der Waals surface area contributed by atoms with E-state index in [1.165, 1.54) is 31.8 Å². The number of benzene rings is 2. The van der Waals surface area contributed by atoms with Gasteiger partial charge in [0.25, 0.3) is 5.56 Å². The maximum absolute atomic E-state index is 12.1. The lowest BCUT2D eigenvalue weighted by Crippen LogP contribution is -2.36. The van der Waals surface area contributed by atoms with Crippen LogP contribution in [0.5, 0.6) is 23.1 Å². The van der Waals surface area contributed by atoms with Gasteiger partial charge in [0.2, 0.25) is 5.88 Å². The van der Waals surface area contributed by atoms with Crippen LogP contribution in [0.1, 0.15) is 5.56 Å². The number of halogens is 1. The monoisotopic (exact) mass is 507 g/mol. The predicted molar refractivity (Wildman–Crippen MR) is 118 cm³/mol. The van der Waals surface area contributed by atoms with Crippen molar-refractivity contribution in [3.63, 3.8) is 0 Å². The van der Waals surface area contributed by atoms with E-state index in [0.29, 0.717) is 20.8 Å². The molecule has 2 aromatic carbocycles. The van der Waals surface area contributed by atoms with E-state index in [1.54, 1.807) is 42.6 Å². The van der Waals surface area contributed by atoms with Crippen molar-refractivity contribution >= 4 is 34.5 Å². The molecule has 1 N–H and O–H groups in total. The van der Waals surface area contributed by atoms with Crippen molar-refractivity contribution < 1.29 is 14.6 Å². The summed E-state index contributed by atoms with van der Waals surface area (Å²) in [6.45, 7) is 0. The van der Waals surface area contributed by atoms with E-state index in [2.05, 4.69) is 4.99 Å². The van der Waals surface area contributed by atoms with E-state index < -0.39 is 11.2 Å². The van der Waals surface area contributed by atoms with Crippen LogP contribution in [-0.2, 0) is 14.1 Å². The van der Waals surface area contributed by atoms with Crippen molar-refractivity contribution in [2.45, 2.75) is 0 Å². The van der Waals surface area contributed by atoms with E-state index >= 15 is 0 Å². The number of aromatic hydroxyl groups is 1. The summed E-state index contributed by atoms with van der Waals surface area (Å²) >= 11 is 2.01. The van der Waals surface area contributed by atoms with Gasteiger partial charge in [-0.2, -0.15) is 0 Å². The summed E-state index contributed by atoms with van der Waals surface area (Å²) in [5, 5.41) is 9.95. The van der Waals surface area contributed by atoms with Crippen LogP contribution in [0.15, 0.2) is 57.0 Å². The maximum atomic E-state index is 12.1. The minimum absolute atomic E-state index is 0.0700. The minimum atomic E-state index is -0.487. The van der Waals surface area contributed by atoms with Gasteiger partial charge in [-0.05, 0) is 52.4 Å². The first kappa shape index (κ1) is 20.6. The van der Waals surface area contributed by atoms with Gasteiger partial charge in [-0.1, -0.05) is 12.1 Å². The first-order valence-electron chi connectivity index (χ1n) is 8.46. The third-order valence-corrected chi connectivity index (χ3v) is 5.01. The van der Waals surface area contributed by atoms with Crippen LogP contribution in [0, 0.1) is 3.57 Å². The van der Waals surface area contributed by atoms with Crippen molar-refractivity contribution in [3.05, 3.63) is 72.4 Å². The summed E-state index contributed by atoms with van der Waals surface area (Å²) < 4.78 is 13.8. The summed E-state index contributed by atoms with van der Waals surface area (Å²) in [5.41, 5.74) is 0.275. The average Bonchev–Trinajstić information content (AvgIpc) is 2.72. The fraction of sp³-hybridized carbons (Fsp3) is 0.150. The van der Waals surface area contributed by atoms with Crippen LogP contribution < -0.4 is 20.7 Å². The van der Waals surface area contributed by atoms with Crippen LogP contribution >= 0.6 is 22.6 Å². The highest BCUT2D eigenvalue weighted by atomic mass is 127. The normalized spacial score (nSPS) is 11.0. The molecule has 0 saturated carbocycles. The van der Waals surface area contributed by atoms with Gasteiger partial charge < -0.3 is 14.6 Å². The van der Waals surface area contributed by atoms with Crippen LogP contribution in [0.2, 0.25) is 0 Å². The van der Waals surface area contributed by atoms with Gasteiger partial charge in [0, 0.05) is 20.3 Å². The average molecular weight is 507 g/mol. The number of hydrogen-bond donors (Lipinski definition) is 1. The van der Waals surface area contributed by atoms with E-state index in [4.69, 9.17) is 9.47 Å². The Morgan fingerprint density at radius 1 is 1.07 bits per heavy atom. The SMILES string of the molecule is COc1cc(C=Nc2ccccc2Oc2cc(=O)n(C)c(=O)n2C)cc(I)c1O.